The molecule has 4 nitrogen and oxygen atoms in total. The molecule has 0 aliphatic rings. The van der Waals surface area contributed by atoms with Crippen molar-refractivity contribution in [3.05, 3.63) is 51.5 Å². The average Bonchev–Trinajstić information content (AvgIpc) is 2.98. The second kappa shape index (κ2) is 7.51. The number of hydrogen-bond donors (Lipinski definition) is 2. The van der Waals surface area contributed by atoms with Crippen molar-refractivity contribution in [3.63, 3.8) is 0 Å². The summed E-state index contributed by atoms with van der Waals surface area (Å²) in [4.78, 5) is 17.5. The first kappa shape index (κ1) is 16.6. The fourth-order valence-electron chi connectivity index (χ4n) is 2.35. The minimum atomic E-state index is -0.310. The van der Waals surface area contributed by atoms with Crippen LogP contribution in [0.3, 0.4) is 0 Å². The molecule has 0 fully saturated rings. The fraction of sp³-hybridized carbons (Fsp3) is 0.412. The highest BCUT2D eigenvalue weighted by atomic mass is 32.1. The molecule has 0 bridgehead atoms. The molecule has 0 saturated carbocycles. The van der Waals surface area contributed by atoms with Crippen LogP contribution >= 0.6 is 11.3 Å². The lowest BCUT2D eigenvalue weighted by Gasteiger charge is -2.17. The van der Waals surface area contributed by atoms with E-state index < -0.39 is 0 Å². The van der Waals surface area contributed by atoms with Crippen LogP contribution < -0.4 is 5.32 Å². The van der Waals surface area contributed by atoms with Crippen LogP contribution in [0.25, 0.3) is 0 Å². The topological polar surface area (TPSA) is 62.2 Å². The minimum absolute atomic E-state index is 0.0960. The molecule has 1 aromatic heterocycles. The van der Waals surface area contributed by atoms with Crippen LogP contribution in [-0.2, 0) is 6.42 Å². The van der Waals surface area contributed by atoms with E-state index in [9.17, 15) is 9.90 Å². The van der Waals surface area contributed by atoms with Crippen LogP contribution in [0.1, 0.15) is 46.3 Å². The number of rotatable bonds is 6. The van der Waals surface area contributed by atoms with Crippen LogP contribution in [0.15, 0.2) is 29.8 Å². The van der Waals surface area contributed by atoms with Gasteiger partial charge >= 0.3 is 0 Å². The SMILES string of the molecule is Cc1ccccc1CC(CO)NC(=O)c1ncsc1C(C)C. The van der Waals surface area contributed by atoms with Crippen LogP contribution in [0.5, 0.6) is 0 Å². The highest BCUT2D eigenvalue weighted by Crippen LogP contribution is 2.23. The minimum Gasteiger partial charge on any atom is -0.394 e. The second-order valence-corrected chi connectivity index (χ2v) is 6.59. The molecule has 0 saturated heterocycles. The van der Waals surface area contributed by atoms with Gasteiger partial charge in [-0.1, -0.05) is 38.1 Å². The van der Waals surface area contributed by atoms with Gasteiger partial charge < -0.3 is 10.4 Å². The van der Waals surface area contributed by atoms with Gasteiger partial charge in [-0.15, -0.1) is 11.3 Å². The zero-order chi connectivity index (χ0) is 16.1. The van der Waals surface area contributed by atoms with Crippen LogP contribution in [0, 0.1) is 6.92 Å². The molecule has 2 rings (SSSR count). The first-order valence-electron chi connectivity index (χ1n) is 7.42. The van der Waals surface area contributed by atoms with Gasteiger partial charge in [-0.05, 0) is 30.4 Å². The number of nitrogens with zero attached hydrogens (tertiary/aromatic N) is 1. The standard InChI is InChI=1S/C17H22N2O2S/c1-11(2)16-15(18-10-22-16)17(21)19-14(9-20)8-13-7-5-4-6-12(13)3/h4-7,10-11,14,20H,8-9H2,1-3H3,(H,19,21). The smallest absolute Gasteiger partial charge is 0.271 e. The lowest BCUT2D eigenvalue weighted by Crippen LogP contribution is -2.39. The summed E-state index contributed by atoms with van der Waals surface area (Å²) in [5, 5.41) is 12.5. The Labute approximate surface area is 135 Å². The second-order valence-electron chi connectivity index (χ2n) is 5.70. The summed E-state index contributed by atoms with van der Waals surface area (Å²) in [6, 6.07) is 7.69. The third-order valence-corrected chi connectivity index (χ3v) is 4.75. The Hall–Kier alpha value is -1.72. The van der Waals surface area contributed by atoms with E-state index in [0.29, 0.717) is 12.1 Å². The summed E-state index contributed by atoms with van der Waals surface area (Å²) in [6.45, 7) is 6.02. The van der Waals surface area contributed by atoms with E-state index in [1.807, 2.05) is 45.0 Å². The molecule has 22 heavy (non-hydrogen) atoms. The molecule has 5 heteroatoms. The maximum absolute atomic E-state index is 12.4. The fourth-order valence-corrected chi connectivity index (χ4v) is 3.16. The van der Waals surface area contributed by atoms with Crippen LogP contribution in [0.2, 0.25) is 0 Å². The van der Waals surface area contributed by atoms with E-state index in [2.05, 4.69) is 10.3 Å². The summed E-state index contributed by atoms with van der Waals surface area (Å²) < 4.78 is 0. The zero-order valence-corrected chi connectivity index (χ0v) is 14.0. The van der Waals surface area contributed by atoms with E-state index in [0.717, 1.165) is 16.0 Å². The Morgan fingerprint density at radius 1 is 1.36 bits per heavy atom. The molecule has 1 unspecified atom stereocenters. The molecule has 118 valence electrons. The van der Waals surface area contributed by atoms with Crippen LogP contribution in [0.4, 0.5) is 0 Å². The maximum Gasteiger partial charge on any atom is 0.271 e. The van der Waals surface area contributed by atoms with Gasteiger partial charge in [0.25, 0.3) is 5.91 Å². The number of aromatic nitrogens is 1. The molecule has 2 N–H and O–H groups in total. The summed E-state index contributed by atoms with van der Waals surface area (Å²) in [6.07, 6.45) is 0.607. The zero-order valence-electron chi connectivity index (χ0n) is 13.2. The van der Waals surface area contributed by atoms with Crippen molar-refractivity contribution in [1.29, 1.82) is 0 Å². The van der Waals surface area contributed by atoms with Gasteiger partial charge in [0.2, 0.25) is 0 Å². The summed E-state index contributed by atoms with van der Waals surface area (Å²) in [5.74, 6) is 0.0507. The summed E-state index contributed by atoms with van der Waals surface area (Å²) in [5.41, 5.74) is 4.46. The van der Waals surface area contributed by atoms with Gasteiger partial charge in [0, 0.05) is 4.88 Å². The lowest BCUT2D eigenvalue weighted by atomic mass is 10.0. The molecule has 2 aromatic rings. The molecule has 0 aliphatic carbocycles. The highest BCUT2D eigenvalue weighted by molar-refractivity contribution is 7.10. The van der Waals surface area contributed by atoms with Crippen molar-refractivity contribution in [3.8, 4) is 0 Å². The van der Waals surface area contributed by atoms with E-state index >= 15 is 0 Å². The van der Waals surface area contributed by atoms with E-state index in [4.69, 9.17) is 0 Å². The Balaban J connectivity index is 2.08. The van der Waals surface area contributed by atoms with Gasteiger partial charge in [0.1, 0.15) is 5.69 Å². The summed E-state index contributed by atoms with van der Waals surface area (Å²) >= 11 is 1.49. The Morgan fingerprint density at radius 3 is 2.73 bits per heavy atom. The van der Waals surface area contributed by atoms with Crippen LogP contribution in [-0.4, -0.2) is 28.6 Å². The van der Waals surface area contributed by atoms with Gasteiger partial charge in [0.15, 0.2) is 0 Å². The molecule has 0 spiro atoms. The normalized spacial score (nSPS) is 12.4. The van der Waals surface area contributed by atoms with Gasteiger partial charge in [0.05, 0.1) is 18.2 Å². The third-order valence-electron chi connectivity index (χ3n) is 3.62. The number of amides is 1. The van der Waals surface area contributed by atoms with Crippen molar-refractivity contribution >= 4 is 17.2 Å². The predicted octanol–water partition coefficient (Wildman–Crippen LogP) is 2.91. The Kier molecular flexibility index (Phi) is 5.69. The van der Waals surface area contributed by atoms with Gasteiger partial charge in [-0.3, -0.25) is 4.79 Å². The lowest BCUT2D eigenvalue weighted by molar-refractivity contribution is 0.0911. The number of aliphatic hydroxyl groups excluding tert-OH is 1. The number of nitrogens with one attached hydrogen (secondary N) is 1. The molecule has 0 aliphatic heterocycles. The van der Waals surface area contributed by atoms with Crippen molar-refractivity contribution in [2.75, 3.05) is 6.61 Å². The largest absolute Gasteiger partial charge is 0.394 e. The van der Waals surface area contributed by atoms with E-state index in [1.54, 1.807) is 5.51 Å². The molecular weight excluding hydrogens is 296 g/mol. The first-order chi connectivity index (χ1) is 10.5. The predicted molar refractivity (Wildman–Crippen MR) is 89.4 cm³/mol. The van der Waals surface area contributed by atoms with Crippen molar-refractivity contribution in [2.24, 2.45) is 0 Å². The number of aliphatic hydroxyl groups is 1. The number of thiazole rings is 1. The van der Waals surface area contributed by atoms with Crippen molar-refractivity contribution in [2.45, 2.75) is 39.2 Å². The van der Waals surface area contributed by atoms with E-state index in [1.165, 1.54) is 11.3 Å². The molecule has 0 radical (unpaired) electrons. The number of hydrogen-bond acceptors (Lipinski definition) is 4. The first-order valence-corrected chi connectivity index (χ1v) is 8.30. The quantitative estimate of drug-likeness (QED) is 0.861. The highest BCUT2D eigenvalue weighted by Gasteiger charge is 2.20. The van der Waals surface area contributed by atoms with Crippen molar-refractivity contribution < 1.29 is 9.90 Å². The third kappa shape index (κ3) is 3.93. The molecule has 1 atom stereocenters. The summed E-state index contributed by atoms with van der Waals surface area (Å²) in [7, 11) is 0. The monoisotopic (exact) mass is 318 g/mol. The molecule has 1 amide bonds. The molecule has 1 heterocycles. The Bertz CT molecular complexity index is 637. The molecule has 1 aromatic carbocycles. The van der Waals surface area contributed by atoms with Crippen molar-refractivity contribution in [1.82, 2.24) is 10.3 Å². The Morgan fingerprint density at radius 2 is 2.09 bits per heavy atom. The average molecular weight is 318 g/mol. The van der Waals surface area contributed by atoms with E-state index in [-0.39, 0.29) is 24.5 Å². The number of carbonyl (C=O) groups is 1. The molecular formula is C17H22N2O2S. The maximum atomic E-state index is 12.4. The number of aryl methyl sites for hydroxylation is 1. The van der Waals surface area contributed by atoms with Gasteiger partial charge in [-0.2, -0.15) is 0 Å². The number of benzene rings is 1. The van der Waals surface area contributed by atoms with Gasteiger partial charge in [-0.25, -0.2) is 4.98 Å². The number of carbonyl (C=O) groups excluding carboxylic acids is 1.